The van der Waals surface area contributed by atoms with Crippen LogP contribution in [0.15, 0.2) is 59.5 Å². The summed E-state index contributed by atoms with van der Waals surface area (Å²) in [5, 5.41) is 8.81. The molecule has 0 saturated heterocycles. The maximum Gasteiger partial charge on any atom is 0.258 e. The van der Waals surface area contributed by atoms with Crippen molar-refractivity contribution in [1.82, 2.24) is 9.79 Å². The summed E-state index contributed by atoms with van der Waals surface area (Å²) in [5.74, 6) is 5.16. The first-order chi connectivity index (χ1) is 14.0. The van der Waals surface area contributed by atoms with E-state index in [-0.39, 0.29) is 30.5 Å². The van der Waals surface area contributed by atoms with Crippen molar-refractivity contribution in [3.63, 3.8) is 0 Å². The van der Waals surface area contributed by atoms with Crippen molar-refractivity contribution in [3.05, 3.63) is 60.2 Å². The lowest BCUT2D eigenvalue weighted by Gasteiger charge is -2.21. The zero-order valence-electron chi connectivity index (χ0n) is 16.6. The van der Waals surface area contributed by atoms with E-state index in [9.17, 15) is 13.2 Å². The monoisotopic (exact) mass is 452 g/mol. The summed E-state index contributed by atoms with van der Waals surface area (Å²) in [4.78, 5) is 11.7. The standard InChI is InChI=1S/C21H24N2O5S.ClH/c1-2-3-16-28-19-11-13-20(14-12-19)29(26,27)23(17-21(24)22-25)15-7-10-18-8-5-4-6-9-18;/h4-6,8-9,11-14,25H,7,10,15-17H2,1H3,(H,22,24);1H. The second-order valence-electron chi connectivity index (χ2n) is 6.15. The van der Waals surface area contributed by atoms with Crippen LogP contribution in [0.4, 0.5) is 0 Å². The lowest BCUT2D eigenvalue weighted by molar-refractivity contribution is -0.129. The van der Waals surface area contributed by atoms with Crippen LogP contribution in [-0.4, -0.2) is 43.5 Å². The number of amides is 1. The highest BCUT2D eigenvalue weighted by Crippen LogP contribution is 2.20. The summed E-state index contributed by atoms with van der Waals surface area (Å²) in [7, 11) is -3.92. The van der Waals surface area contributed by atoms with Crippen molar-refractivity contribution in [2.75, 3.05) is 19.7 Å². The number of carbonyl (C=O) groups excluding carboxylic acids is 1. The minimum Gasteiger partial charge on any atom is -0.481 e. The third-order valence-corrected chi connectivity index (χ3v) is 5.97. The van der Waals surface area contributed by atoms with Gasteiger partial charge in [0.2, 0.25) is 10.0 Å². The van der Waals surface area contributed by atoms with Gasteiger partial charge in [-0.1, -0.05) is 36.3 Å². The summed E-state index contributed by atoms with van der Waals surface area (Å²) < 4.78 is 32.4. The molecule has 7 nitrogen and oxygen atoms in total. The minimum atomic E-state index is -3.92. The molecule has 0 radical (unpaired) electrons. The predicted octanol–water partition coefficient (Wildman–Crippen LogP) is 2.64. The number of hydroxylamine groups is 1. The van der Waals surface area contributed by atoms with Crippen molar-refractivity contribution in [1.29, 1.82) is 0 Å². The SMILES string of the molecule is CC#CCOc1ccc(S(=O)(=O)N(CCCc2ccccc2)CC(=O)NO)cc1.Cl. The molecule has 0 heterocycles. The van der Waals surface area contributed by atoms with E-state index >= 15 is 0 Å². The summed E-state index contributed by atoms with van der Waals surface area (Å²) in [6.07, 6.45) is 1.19. The number of hydrogen-bond donors (Lipinski definition) is 2. The second-order valence-corrected chi connectivity index (χ2v) is 8.09. The van der Waals surface area contributed by atoms with Crippen LogP contribution < -0.4 is 10.2 Å². The fourth-order valence-corrected chi connectivity index (χ4v) is 4.07. The van der Waals surface area contributed by atoms with Gasteiger partial charge in [0, 0.05) is 6.54 Å². The molecule has 9 heteroatoms. The number of hydrogen-bond acceptors (Lipinski definition) is 5. The molecule has 162 valence electrons. The molecule has 0 atom stereocenters. The second kappa shape index (κ2) is 12.9. The molecular formula is C21H25ClN2O5S. The maximum atomic E-state index is 13.0. The van der Waals surface area contributed by atoms with Crippen LogP contribution in [0.1, 0.15) is 18.9 Å². The summed E-state index contributed by atoms with van der Waals surface area (Å²) >= 11 is 0. The van der Waals surface area contributed by atoms with E-state index in [4.69, 9.17) is 9.94 Å². The first-order valence-electron chi connectivity index (χ1n) is 9.07. The van der Waals surface area contributed by atoms with Gasteiger partial charge in [-0.3, -0.25) is 10.0 Å². The molecule has 0 aliphatic heterocycles. The Morgan fingerprint density at radius 3 is 2.40 bits per heavy atom. The molecule has 0 saturated carbocycles. The van der Waals surface area contributed by atoms with Gasteiger partial charge in [-0.05, 0) is 49.6 Å². The molecule has 2 aromatic rings. The van der Waals surface area contributed by atoms with Crippen LogP contribution in [0.3, 0.4) is 0 Å². The number of benzene rings is 2. The largest absolute Gasteiger partial charge is 0.481 e. The average Bonchev–Trinajstić information content (AvgIpc) is 2.74. The molecule has 0 bridgehead atoms. The van der Waals surface area contributed by atoms with Crippen molar-refractivity contribution in [3.8, 4) is 17.6 Å². The Hall–Kier alpha value is -2.57. The highest BCUT2D eigenvalue weighted by atomic mass is 35.5. The lowest BCUT2D eigenvalue weighted by atomic mass is 10.1. The highest BCUT2D eigenvalue weighted by molar-refractivity contribution is 7.89. The van der Waals surface area contributed by atoms with E-state index in [1.54, 1.807) is 19.1 Å². The smallest absolute Gasteiger partial charge is 0.258 e. The predicted molar refractivity (Wildman–Crippen MR) is 116 cm³/mol. The molecule has 30 heavy (non-hydrogen) atoms. The van der Waals surface area contributed by atoms with Crippen LogP contribution in [0.25, 0.3) is 0 Å². The van der Waals surface area contributed by atoms with E-state index in [1.807, 2.05) is 30.3 Å². The number of aryl methyl sites for hydroxylation is 1. The lowest BCUT2D eigenvalue weighted by Crippen LogP contribution is -2.40. The van der Waals surface area contributed by atoms with Crippen LogP contribution >= 0.6 is 12.4 Å². The van der Waals surface area contributed by atoms with Crippen LogP contribution in [0, 0.1) is 11.8 Å². The van der Waals surface area contributed by atoms with Gasteiger partial charge in [0.05, 0.1) is 11.4 Å². The minimum absolute atomic E-state index is 0. The number of nitrogens with zero attached hydrogens (tertiary/aromatic N) is 1. The third kappa shape index (κ3) is 7.69. The van der Waals surface area contributed by atoms with Gasteiger partial charge >= 0.3 is 0 Å². The molecule has 0 fully saturated rings. The van der Waals surface area contributed by atoms with E-state index in [0.717, 1.165) is 9.87 Å². The van der Waals surface area contributed by atoms with Gasteiger partial charge in [0.15, 0.2) is 0 Å². The van der Waals surface area contributed by atoms with Gasteiger partial charge < -0.3 is 4.74 Å². The fraction of sp³-hybridized carbons (Fsp3) is 0.286. The first-order valence-corrected chi connectivity index (χ1v) is 10.5. The fourth-order valence-electron chi connectivity index (χ4n) is 2.63. The van der Waals surface area contributed by atoms with E-state index in [1.165, 1.54) is 17.6 Å². The number of ether oxygens (including phenoxy) is 1. The van der Waals surface area contributed by atoms with Crippen LogP contribution in [0.2, 0.25) is 0 Å². The molecule has 0 unspecified atom stereocenters. The Balaban J connectivity index is 0.00000450. The quantitative estimate of drug-likeness (QED) is 0.328. The number of carbonyl (C=O) groups is 1. The number of nitrogens with one attached hydrogen (secondary N) is 1. The first kappa shape index (κ1) is 25.5. The Kier molecular flexibility index (Phi) is 10.9. The molecule has 1 amide bonds. The van der Waals surface area contributed by atoms with E-state index < -0.39 is 22.5 Å². The number of halogens is 1. The van der Waals surface area contributed by atoms with Crippen molar-refractivity contribution in [2.24, 2.45) is 0 Å². The van der Waals surface area contributed by atoms with Gasteiger partial charge in [0.25, 0.3) is 5.91 Å². The highest BCUT2D eigenvalue weighted by Gasteiger charge is 2.26. The Labute approximate surface area is 183 Å². The molecule has 0 aromatic heterocycles. The average molecular weight is 453 g/mol. The van der Waals surface area contributed by atoms with E-state index in [2.05, 4.69) is 11.8 Å². The van der Waals surface area contributed by atoms with Crippen molar-refractivity contribution >= 4 is 28.3 Å². The Morgan fingerprint density at radius 2 is 1.80 bits per heavy atom. The summed E-state index contributed by atoms with van der Waals surface area (Å²) in [6, 6.07) is 15.6. The molecule has 2 N–H and O–H groups in total. The van der Waals surface area contributed by atoms with Gasteiger partial charge in [-0.25, -0.2) is 13.9 Å². The van der Waals surface area contributed by atoms with Gasteiger partial charge in [-0.2, -0.15) is 4.31 Å². The topological polar surface area (TPSA) is 95.9 Å². The van der Waals surface area contributed by atoms with Crippen LogP contribution in [0.5, 0.6) is 5.75 Å². The third-order valence-electron chi connectivity index (χ3n) is 4.11. The molecule has 0 spiro atoms. The maximum absolute atomic E-state index is 13.0. The molecule has 2 rings (SSSR count). The zero-order chi connectivity index (χ0) is 21.1. The summed E-state index contributed by atoms with van der Waals surface area (Å²) in [6.45, 7) is 1.58. The number of sulfonamides is 1. The van der Waals surface area contributed by atoms with Gasteiger partial charge in [0.1, 0.15) is 12.4 Å². The van der Waals surface area contributed by atoms with Crippen molar-refractivity contribution in [2.45, 2.75) is 24.7 Å². The molecule has 0 aliphatic rings. The zero-order valence-corrected chi connectivity index (χ0v) is 18.2. The van der Waals surface area contributed by atoms with Gasteiger partial charge in [-0.15, -0.1) is 18.3 Å². The normalized spacial score (nSPS) is 10.5. The molecule has 2 aromatic carbocycles. The Bertz CT molecular complexity index is 954. The van der Waals surface area contributed by atoms with Crippen LogP contribution in [-0.2, 0) is 21.2 Å². The van der Waals surface area contributed by atoms with Crippen molar-refractivity contribution < 1.29 is 23.2 Å². The summed E-state index contributed by atoms with van der Waals surface area (Å²) in [5.41, 5.74) is 2.56. The van der Waals surface area contributed by atoms with E-state index in [0.29, 0.717) is 18.6 Å². The Morgan fingerprint density at radius 1 is 1.13 bits per heavy atom. The molecular weight excluding hydrogens is 428 g/mol. The number of rotatable bonds is 10. The molecule has 0 aliphatic carbocycles.